The van der Waals surface area contributed by atoms with Crippen molar-refractivity contribution in [3.05, 3.63) is 12.2 Å². The summed E-state index contributed by atoms with van der Waals surface area (Å²) in [5, 5.41) is 0. The quantitative estimate of drug-likeness (QED) is 0.475. The highest BCUT2D eigenvalue weighted by Crippen LogP contribution is 2.07. The van der Waals surface area contributed by atoms with E-state index in [1.54, 1.807) is 0 Å². The number of amides is 2. The minimum Gasteiger partial charge on any atom is -0.268 e. The lowest BCUT2D eigenvalue weighted by molar-refractivity contribution is -0.129. The zero-order valence-corrected chi connectivity index (χ0v) is 7.50. The van der Waals surface area contributed by atoms with Crippen LogP contribution in [0.4, 0.5) is 0 Å². The van der Waals surface area contributed by atoms with Gasteiger partial charge >= 0.3 is 0 Å². The Morgan fingerprint density at radius 1 is 1.22 bits per heavy atom. The van der Waals surface area contributed by atoms with Crippen molar-refractivity contribution in [1.29, 1.82) is 0 Å². The molecular formula is C4H3Br2NO2. The fraction of sp³-hybridized carbons (Fsp3) is 0. The Labute approximate surface area is 70.8 Å². The maximum Gasteiger partial charge on any atom is 0.263 e. The van der Waals surface area contributed by atoms with Crippen molar-refractivity contribution in [2.75, 3.05) is 0 Å². The van der Waals surface area contributed by atoms with E-state index in [9.17, 15) is 9.59 Å². The van der Waals surface area contributed by atoms with E-state index in [1.165, 1.54) is 12.2 Å². The molecule has 2 amide bonds. The van der Waals surface area contributed by atoms with Gasteiger partial charge in [0.2, 0.25) is 0 Å². The van der Waals surface area contributed by atoms with Crippen LogP contribution in [-0.4, -0.2) is 15.7 Å². The van der Waals surface area contributed by atoms with Crippen molar-refractivity contribution in [2.24, 2.45) is 0 Å². The molecule has 0 aromatic heterocycles. The van der Waals surface area contributed by atoms with E-state index >= 15 is 0 Å². The molecule has 0 saturated heterocycles. The molecule has 0 aromatic rings. The van der Waals surface area contributed by atoms with Gasteiger partial charge in [0.1, 0.15) is 0 Å². The van der Waals surface area contributed by atoms with Crippen LogP contribution >= 0.6 is 33.1 Å². The van der Waals surface area contributed by atoms with Gasteiger partial charge in [-0.2, -0.15) is 0 Å². The molecule has 1 aliphatic rings. The summed E-state index contributed by atoms with van der Waals surface area (Å²) < 4.78 is 0.868. The Kier molecular flexibility index (Phi) is 3.07. The molecule has 0 aromatic carbocycles. The second kappa shape index (κ2) is 3.12. The summed E-state index contributed by atoms with van der Waals surface area (Å²) in [7, 11) is 0. The van der Waals surface area contributed by atoms with Crippen LogP contribution in [0.2, 0.25) is 0 Å². The highest BCUT2D eigenvalue weighted by atomic mass is 79.9. The lowest BCUT2D eigenvalue weighted by atomic mass is 10.6. The van der Waals surface area contributed by atoms with Crippen LogP contribution in [0.15, 0.2) is 12.2 Å². The summed E-state index contributed by atoms with van der Waals surface area (Å²) in [6.07, 6.45) is 2.41. The summed E-state index contributed by atoms with van der Waals surface area (Å²) in [5.41, 5.74) is 0. The predicted molar refractivity (Wildman–Crippen MR) is 40.2 cm³/mol. The van der Waals surface area contributed by atoms with Crippen molar-refractivity contribution < 1.29 is 9.59 Å². The third-order valence-electron chi connectivity index (χ3n) is 0.755. The normalized spacial score (nSPS) is 16.3. The third kappa shape index (κ3) is 1.62. The summed E-state index contributed by atoms with van der Waals surface area (Å²) in [6, 6.07) is 0. The average molecular weight is 257 g/mol. The van der Waals surface area contributed by atoms with E-state index < -0.39 is 0 Å². The summed E-state index contributed by atoms with van der Waals surface area (Å²) in [4.78, 5) is 20.7. The Balaban J connectivity index is 0.000000640. The van der Waals surface area contributed by atoms with E-state index in [0.29, 0.717) is 0 Å². The number of nitrogens with zero attached hydrogens (tertiary/aromatic N) is 1. The average Bonchev–Trinajstić information content (AvgIpc) is 1.98. The molecule has 0 saturated carbocycles. The van der Waals surface area contributed by atoms with Gasteiger partial charge in [-0.05, 0) is 0 Å². The number of rotatable bonds is 0. The molecule has 0 radical (unpaired) electrons. The van der Waals surface area contributed by atoms with Crippen LogP contribution in [0, 0.1) is 0 Å². The molecular weight excluding hydrogens is 254 g/mol. The van der Waals surface area contributed by atoms with Gasteiger partial charge in [-0.1, -0.05) is 0 Å². The van der Waals surface area contributed by atoms with Crippen LogP contribution in [0.1, 0.15) is 0 Å². The van der Waals surface area contributed by atoms with Gasteiger partial charge < -0.3 is 0 Å². The predicted octanol–water partition coefficient (Wildman–Crippen LogP) is 0.799. The molecule has 0 aliphatic carbocycles. The second-order valence-electron chi connectivity index (χ2n) is 1.29. The van der Waals surface area contributed by atoms with Crippen molar-refractivity contribution in [2.45, 2.75) is 0 Å². The largest absolute Gasteiger partial charge is 0.268 e. The first-order chi connectivity index (χ1) is 3.72. The Morgan fingerprint density at radius 3 is 1.67 bits per heavy atom. The van der Waals surface area contributed by atoms with E-state index in [-0.39, 0.29) is 28.8 Å². The van der Waals surface area contributed by atoms with Crippen molar-refractivity contribution in [3.8, 4) is 0 Å². The molecule has 9 heavy (non-hydrogen) atoms. The summed E-state index contributed by atoms with van der Waals surface area (Å²) in [5.74, 6) is -0.648. The van der Waals surface area contributed by atoms with Crippen LogP contribution in [0.5, 0.6) is 0 Å². The molecule has 1 rings (SSSR count). The number of imide groups is 1. The Bertz CT molecular complexity index is 159. The molecule has 0 bridgehead atoms. The van der Waals surface area contributed by atoms with E-state index in [1.807, 2.05) is 0 Å². The smallest absolute Gasteiger partial charge is 0.263 e. The SMILES string of the molecule is Br.O=C1C=CC(=O)N1Br. The third-order valence-corrected chi connectivity index (χ3v) is 1.45. The van der Waals surface area contributed by atoms with Gasteiger partial charge in [0, 0.05) is 12.2 Å². The van der Waals surface area contributed by atoms with E-state index in [0.717, 1.165) is 3.93 Å². The van der Waals surface area contributed by atoms with Crippen LogP contribution in [-0.2, 0) is 9.59 Å². The number of hydrogen-bond donors (Lipinski definition) is 0. The van der Waals surface area contributed by atoms with Crippen molar-refractivity contribution in [3.63, 3.8) is 0 Å². The highest BCUT2D eigenvalue weighted by Gasteiger charge is 2.19. The number of hydrogen-bond acceptors (Lipinski definition) is 2. The van der Waals surface area contributed by atoms with Gasteiger partial charge in [-0.25, -0.2) is 3.93 Å². The first-order valence-corrected chi connectivity index (χ1v) is 2.64. The lowest BCUT2D eigenvalue weighted by Gasteiger charge is -1.97. The standard InChI is InChI=1S/C4H2BrNO2.BrH/c5-6-3(7)1-2-4(6)8;/h1-2H;1H. The van der Waals surface area contributed by atoms with Gasteiger partial charge in [0.25, 0.3) is 11.8 Å². The van der Waals surface area contributed by atoms with E-state index in [4.69, 9.17) is 0 Å². The number of carbonyl (C=O) groups excluding carboxylic acids is 2. The minimum absolute atomic E-state index is 0. The Morgan fingerprint density at radius 2 is 1.56 bits per heavy atom. The molecule has 0 unspecified atom stereocenters. The highest BCUT2D eigenvalue weighted by molar-refractivity contribution is 9.08. The van der Waals surface area contributed by atoms with Crippen molar-refractivity contribution >= 4 is 44.9 Å². The van der Waals surface area contributed by atoms with Gasteiger partial charge in [-0.3, -0.25) is 9.59 Å². The van der Waals surface area contributed by atoms with Crippen LogP contribution in [0.3, 0.4) is 0 Å². The number of carbonyl (C=O) groups is 2. The fourth-order valence-corrected chi connectivity index (χ4v) is 0.618. The molecule has 1 aliphatic heterocycles. The van der Waals surface area contributed by atoms with Gasteiger partial charge in [-0.15, -0.1) is 17.0 Å². The minimum atomic E-state index is -0.324. The topological polar surface area (TPSA) is 37.4 Å². The van der Waals surface area contributed by atoms with Crippen LogP contribution in [0.25, 0.3) is 0 Å². The first kappa shape index (κ1) is 8.84. The van der Waals surface area contributed by atoms with E-state index in [2.05, 4.69) is 16.1 Å². The summed E-state index contributed by atoms with van der Waals surface area (Å²) in [6.45, 7) is 0. The molecule has 3 nitrogen and oxygen atoms in total. The monoisotopic (exact) mass is 255 g/mol. The zero-order valence-electron chi connectivity index (χ0n) is 4.20. The molecule has 5 heteroatoms. The van der Waals surface area contributed by atoms with Crippen molar-refractivity contribution in [1.82, 2.24) is 3.93 Å². The lowest BCUT2D eigenvalue weighted by Crippen LogP contribution is -2.17. The maximum atomic E-state index is 10.4. The molecule has 50 valence electrons. The molecule has 1 heterocycles. The molecule has 0 spiro atoms. The maximum absolute atomic E-state index is 10.4. The van der Waals surface area contributed by atoms with Gasteiger partial charge in [0.05, 0.1) is 16.1 Å². The molecule has 0 atom stereocenters. The zero-order chi connectivity index (χ0) is 6.15. The number of halogens is 2. The fourth-order valence-electron chi connectivity index (χ4n) is 0.382. The second-order valence-corrected chi connectivity index (χ2v) is 2.00. The van der Waals surface area contributed by atoms with Gasteiger partial charge in [0.15, 0.2) is 0 Å². The molecule has 0 N–H and O–H groups in total. The Hall–Kier alpha value is -0.160. The summed E-state index contributed by atoms with van der Waals surface area (Å²) >= 11 is 2.74. The molecule has 0 fully saturated rings. The first-order valence-electron chi connectivity index (χ1n) is 1.94. The van der Waals surface area contributed by atoms with Crippen LogP contribution < -0.4 is 0 Å².